The first-order valence-electron chi connectivity index (χ1n) is 6.44. The molecular weight excluding hydrogens is 220 g/mol. The topological polar surface area (TPSA) is 24.9 Å². The average Bonchev–Trinajstić information content (AvgIpc) is 2.39. The monoisotopic (exact) mass is 240 g/mol. The molecule has 1 N–H and O–H groups in total. The minimum absolute atomic E-state index is 0.776. The highest BCUT2D eigenvalue weighted by Gasteiger charge is 2.03. The molecule has 0 saturated heterocycles. The van der Waals surface area contributed by atoms with Gasteiger partial charge in [0.05, 0.1) is 12.2 Å². The quantitative estimate of drug-likeness (QED) is 0.877. The predicted molar refractivity (Wildman–Crippen MR) is 76.9 cm³/mol. The largest absolute Gasteiger partial charge is 0.379 e. The first-order chi connectivity index (χ1) is 8.70. The van der Waals surface area contributed by atoms with E-state index in [0.29, 0.717) is 0 Å². The van der Waals surface area contributed by atoms with Crippen molar-refractivity contribution in [2.45, 2.75) is 33.7 Å². The van der Waals surface area contributed by atoms with E-state index in [-0.39, 0.29) is 0 Å². The summed E-state index contributed by atoms with van der Waals surface area (Å²) in [5.41, 5.74) is 6.18. The Balaban J connectivity index is 2.12. The van der Waals surface area contributed by atoms with Crippen molar-refractivity contribution in [3.8, 4) is 0 Å². The predicted octanol–water partition coefficient (Wildman–Crippen LogP) is 3.87. The Kier molecular flexibility index (Phi) is 3.98. The molecule has 0 fully saturated rings. The maximum absolute atomic E-state index is 4.42. The summed E-state index contributed by atoms with van der Waals surface area (Å²) in [5, 5.41) is 3.51. The van der Waals surface area contributed by atoms with Gasteiger partial charge in [-0.15, -0.1) is 0 Å². The molecule has 0 bridgehead atoms. The van der Waals surface area contributed by atoms with E-state index < -0.39 is 0 Å². The van der Waals surface area contributed by atoms with Crippen LogP contribution < -0.4 is 5.32 Å². The Hall–Kier alpha value is -1.83. The molecule has 0 amide bonds. The van der Waals surface area contributed by atoms with E-state index in [1.54, 1.807) is 0 Å². The molecule has 0 aliphatic rings. The third kappa shape index (κ3) is 2.89. The number of hydrogen-bond donors (Lipinski definition) is 1. The number of para-hydroxylation sites is 1. The van der Waals surface area contributed by atoms with Crippen LogP contribution in [-0.4, -0.2) is 4.98 Å². The zero-order valence-corrected chi connectivity index (χ0v) is 11.3. The molecule has 0 unspecified atom stereocenters. The third-order valence-corrected chi connectivity index (χ3v) is 3.16. The van der Waals surface area contributed by atoms with Gasteiger partial charge in [-0.2, -0.15) is 0 Å². The maximum Gasteiger partial charge on any atom is 0.0594 e. The van der Waals surface area contributed by atoms with Crippen LogP contribution in [0.4, 0.5) is 5.69 Å². The fourth-order valence-corrected chi connectivity index (χ4v) is 2.06. The van der Waals surface area contributed by atoms with Gasteiger partial charge in [-0.05, 0) is 43.0 Å². The lowest BCUT2D eigenvalue weighted by Gasteiger charge is -2.13. The second-order valence-electron chi connectivity index (χ2n) is 4.64. The number of nitrogens with zero attached hydrogens (tertiary/aromatic N) is 1. The Morgan fingerprint density at radius 1 is 1.11 bits per heavy atom. The molecule has 2 heteroatoms. The Morgan fingerprint density at radius 3 is 2.61 bits per heavy atom. The normalized spacial score (nSPS) is 10.4. The SMILES string of the molecule is CCc1cccc(C)c1NCc1ccc(C)cn1. The van der Waals surface area contributed by atoms with E-state index in [2.05, 4.69) is 61.4 Å². The molecule has 1 aromatic heterocycles. The molecule has 2 nitrogen and oxygen atoms in total. The molecule has 0 radical (unpaired) electrons. The number of aromatic nitrogens is 1. The summed E-state index contributed by atoms with van der Waals surface area (Å²) in [6.07, 6.45) is 2.96. The smallest absolute Gasteiger partial charge is 0.0594 e. The molecule has 0 spiro atoms. The van der Waals surface area contributed by atoms with Crippen molar-refractivity contribution in [3.05, 3.63) is 58.9 Å². The fourth-order valence-electron chi connectivity index (χ4n) is 2.06. The van der Waals surface area contributed by atoms with E-state index in [0.717, 1.165) is 18.7 Å². The summed E-state index contributed by atoms with van der Waals surface area (Å²) in [6, 6.07) is 10.6. The zero-order valence-electron chi connectivity index (χ0n) is 11.3. The molecule has 94 valence electrons. The average molecular weight is 240 g/mol. The number of nitrogens with one attached hydrogen (secondary N) is 1. The van der Waals surface area contributed by atoms with Gasteiger partial charge in [0.1, 0.15) is 0 Å². The van der Waals surface area contributed by atoms with Gasteiger partial charge in [-0.25, -0.2) is 0 Å². The number of rotatable bonds is 4. The first kappa shape index (κ1) is 12.6. The highest BCUT2D eigenvalue weighted by molar-refractivity contribution is 5.57. The van der Waals surface area contributed by atoms with Crippen LogP contribution in [0.2, 0.25) is 0 Å². The van der Waals surface area contributed by atoms with E-state index >= 15 is 0 Å². The summed E-state index contributed by atoms with van der Waals surface area (Å²) < 4.78 is 0. The van der Waals surface area contributed by atoms with Crippen LogP contribution in [0.15, 0.2) is 36.5 Å². The number of benzene rings is 1. The molecule has 2 aromatic rings. The highest BCUT2D eigenvalue weighted by Crippen LogP contribution is 2.21. The Bertz CT molecular complexity index is 515. The second kappa shape index (κ2) is 5.67. The number of pyridine rings is 1. The van der Waals surface area contributed by atoms with E-state index in [9.17, 15) is 0 Å². The molecule has 0 aliphatic carbocycles. The van der Waals surface area contributed by atoms with Gasteiger partial charge in [0.25, 0.3) is 0 Å². The zero-order chi connectivity index (χ0) is 13.0. The summed E-state index contributed by atoms with van der Waals surface area (Å²) in [7, 11) is 0. The van der Waals surface area contributed by atoms with Crippen LogP contribution in [0.3, 0.4) is 0 Å². The Morgan fingerprint density at radius 2 is 1.94 bits per heavy atom. The summed E-state index contributed by atoms with van der Waals surface area (Å²) in [6.45, 7) is 7.16. The number of aryl methyl sites for hydroxylation is 3. The molecule has 1 aromatic carbocycles. The Labute approximate surface area is 109 Å². The van der Waals surface area contributed by atoms with Gasteiger partial charge in [0.15, 0.2) is 0 Å². The highest BCUT2D eigenvalue weighted by atomic mass is 14.9. The van der Waals surface area contributed by atoms with Gasteiger partial charge >= 0.3 is 0 Å². The van der Waals surface area contributed by atoms with Crippen molar-refractivity contribution < 1.29 is 0 Å². The molecular formula is C16H20N2. The summed E-state index contributed by atoms with van der Waals surface area (Å²) >= 11 is 0. The van der Waals surface area contributed by atoms with E-state index in [4.69, 9.17) is 0 Å². The van der Waals surface area contributed by atoms with Crippen molar-refractivity contribution in [1.29, 1.82) is 0 Å². The lowest BCUT2D eigenvalue weighted by molar-refractivity contribution is 1.02. The van der Waals surface area contributed by atoms with Crippen molar-refractivity contribution in [3.63, 3.8) is 0 Å². The summed E-state index contributed by atoms with van der Waals surface area (Å²) in [4.78, 5) is 4.42. The van der Waals surface area contributed by atoms with Gasteiger partial charge in [-0.3, -0.25) is 4.98 Å². The van der Waals surface area contributed by atoms with Crippen LogP contribution in [0, 0.1) is 13.8 Å². The van der Waals surface area contributed by atoms with Crippen molar-refractivity contribution in [1.82, 2.24) is 4.98 Å². The van der Waals surface area contributed by atoms with Crippen molar-refractivity contribution in [2.75, 3.05) is 5.32 Å². The van der Waals surface area contributed by atoms with E-state index in [1.807, 2.05) is 6.20 Å². The molecule has 2 rings (SSSR count). The molecule has 0 saturated carbocycles. The van der Waals surface area contributed by atoms with Gasteiger partial charge in [0.2, 0.25) is 0 Å². The standard InChI is InChI=1S/C16H20N2/c1-4-14-7-5-6-13(3)16(14)18-11-15-9-8-12(2)10-17-15/h5-10,18H,4,11H2,1-3H3. The minimum Gasteiger partial charge on any atom is -0.379 e. The second-order valence-corrected chi connectivity index (χ2v) is 4.64. The summed E-state index contributed by atoms with van der Waals surface area (Å²) in [5.74, 6) is 0. The molecule has 0 atom stereocenters. The van der Waals surface area contributed by atoms with Gasteiger partial charge in [-0.1, -0.05) is 31.2 Å². The lowest BCUT2D eigenvalue weighted by Crippen LogP contribution is -2.05. The van der Waals surface area contributed by atoms with Crippen molar-refractivity contribution >= 4 is 5.69 Å². The maximum atomic E-state index is 4.42. The third-order valence-electron chi connectivity index (χ3n) is 3.16. The lowest BCUT2D eigenvalue weighted by atomic mass is 10.1. The van der Waals surface area contributed by atoms with Crippen LogP contribution in [0.1, 0.15) is 29.3 Å². The van der Waals surface area contributed by atoms with Crippen molar-refractivity contribution in [2.24, 2.45) is 0 Å². The fraction of sp³-hybridized carbons (Fsp3) is 0.312. The van der Waals surface area contributed by atoms with E-state index in [1.165, 1.54) is 22.4 Å². The van der Waals surface area contributed by atoms with Crippen LogP contribution >= 0.6 is 0 Å². The molecule has 0 aliphatic heterocycles. The number of hydrogen-bond acceptors (Lipinski definition) is 2. The van der Waals surface area contributed by atoms with Crippen LogP contribution in [0.5, 0.6) is 0 Å². The first-order valence-corrected chi connectivity index (χ1v) is 6.44. The van der Waals surface area contributed by atoms with Gasteiger partial charge < -0.3 is 5.32 Å². The van der Waals surface area contributed by atoms with Crippen LogP contribution in [-0.2, 0) is 13.0 Å². The number of anilines is 1. The molecule has 18 heavy (non-hydrogen) atoms. The van der Waals surface area contributed by atoms with Crippen LogP contribution in [0.25, 0.3) is 0 Å². The minimum atomic E-state index is 0.776. The van der Waals surface area contributed by atoms with Gasteiger partial charge in [0, 0.05) is 11.9 Å². The molecule has 1 heterocycles.